The summed E-state index contributed by atoms with van der Waals surface area (Å²) >= 11 is 5.84. The van der Waals surface area contributed by atoms with Crippen LogP contribution in [0.1, 0.15) is 21.5 Å². The van der Waals surface area contributed by atoms with E-state index >= 15 is 0 Å². The molecule has 1 aliphatic rings. The Bertz CT molecular complexity index is 872. The zero-order chi connectivity index (χ0) is 18.7. The molecule has 0 bridgehead atoms. The van der Waals surface area contributed by atoms with Gasteiger partial charge in [-0.05, 0) is 36.8 Å². The highest BCUT2D eigenvalue weighted by atomic mass is 35.5. The number of amides is 1. The van der Waals surface area contributed by atoms with Gasteiger partial charge in [0.2, 0.25) is 10.0 Å². The van der Waals surface area contributed by atoms with Crippen LogP contribution in [0.5, 0.6) is 0 Å². The average Bonchev–Trinajstić information content (AvgIpc) is 2.64. The van der Waals surface area contributed by atoms with Crippen molar-refractivity contribution in [3.05, 3.63) is 70.2 Å². The van der Waals surface area contributed by atoms with Gasteiger partial charge in [0.1, 0.15) is 0 Å². The van der Waals surface area contributed by atoms with Crippen LogP contribution in [0.25, 0.3) is 0 Å². The van der Waals surface area contributed by atoms with Crippen molar-refractivity contribution >= 4 is 27.5 Å². The Morgan fingerprint density at radius 1 is 0.962 bits per heavy atom. The summed E-state index contributed by atoms with van der Waals surface area (Å²) in [5, 5.41) is 0.578. The average molecular weight is 393 g/mol. The zero-order valence-electron chi connectivity index (χ0n) is 14.6. The Kier molecular flexibility index (Phi) is 5.65. The number of benzene rings is 2. The number of halogens is 1. The number of nitrogens with zero attached hydrogens (tertiary/aromatic N) is 2. The third-order valence-electron chi connectivity index (χ3n) is 4.48. The van der Waals surface area contributed by atoms with Gasteiger partial charge in [-0.1, -0.05) is 41.4 Å². The van der Waals surface area contributed by atoms with Gasteiger partial charge in [-0.3, -0.25) is 4.79 Å². The molecule has 0 atom stereocenters. The molecule has 1 aliphatic heterocycles. The molecule has 1 saturated heterocycles. The minimum Gasteiger partial charge on any atom is -0.336 e. The molecule has 5 nitrogen and oxygen atoms in total. The van der Waals surface area contributed by atoms with Crippen molar-refractivity contribution in [3.63, 3.8) is 0 Å². The van der Waals surface area contributed by atoms with Crippen molar-refractivity contribution in [1.29, 1.82) is 0 Å². The van der Waals surface area contributed by atoms with Gasteiger partial charge in [0.15, 0.2) is 0 Å². The molecular weight excluding hydrogens is 372 g/mol. The van der Waals surface area contributed by atoms with Crippen LogP contribution in [0, 0.1) is 6.92 Å². The molecule has 7 heteroatoms. The highest BCUT2D eigenvalue weighted by Crippen LogP contribution is 2.17. The van der Waals surface area contributed by atoms with Crippen molar-refractivity contribution in [2.45, 2.75) is 12.7 Å². The molecule has 1 heterocycles. The number of rotatable bonds is 4. The quantitative estimate of drug-likeness (QED) is 0.803. The van der Waals surface area contributed by atoms with E-state index in [1.807, 2.05) is 19.1 Å². The first-order valence-electron chi connectivity index (χ1n) is 8.43. The minimum absolute atomic E-state index is 0.0558. The normalized spacial score (nSPS) is 15.8. The first-order chi connectivity index (χ1) is 12.3. The van der Waals surface area contributed by atoms with E-state index in [0.29, 0.717) is 42.3 Å². The Morgan fingerprint density at radius 2 is 1.54 bits per heavy atom. The lowest BCUT2D eigenvalue weighted by Crippen LogP contribution is -2.50. The van der Waals surface area contributed by atoms with Crippen LogP contribution in [0.15, 0.2) is 48.5 Å². The summed E-state index contributed by atoms with van der Waals surface area (Å²) in [6, 6.07) is 14.2. The SMILES string of the molecule is Cc1ccc(C(=O)N2CCN(S(=O)(=O)Cc3ccc(Cl)cc3)CC2)cc1. The van der Waals surface area contributed by atoms with E-state index in [0.717, 1.165) is 5.56 Å². The van der Waals surface area contributed by atoms with Crippen molar-refractivity contribution in [2.24, 2.45) is 0 Å². The topological polar surface area (TPSA) is 57.7 Å². The van der Waals surface area contributed by atoms with E-state index in [-0.39, 0.29) is 11.7 Å². The third kappa shape index (κ3) is 4.44. The number of piperazine rings is 1. The highest BCUT2D eigenvalue weighted by molar-refractivity contribution is 7.88. The van der Waals surface area contributed by atoms with Gasteiger partial charge in [0.05, 0.1) is 5.75 Å². The van der Waals surface area contributed by atoms with Crippen molar-refractivity contribution < 1.29 is 13.2 Å². The first-order valence-corrected chi connectivity index (χ1v) is 10.4. The molecule has 1 amide bonds. The molecule has 0 aromatic heterocycles. The molecule has 0 saturated carbocycles. The summed E-state index contributed by atoms with van der Waals surface area (Å²) in [7, 11) is -3.42. The Labute approximate surface area is 159 Å². The molecule has 3 rings (SSSR count). The number of hydrogen-bond acceptors (Lipinski definition) is 3. The van der Waals surface area contributed by atoms with Crippen molar-refractivity contribution in [3.8, 4) is 0 Å². The van der Waals surface area contributed by atoms with Gasteiger partial charge in [-0.15, -0.1) is 0 Å². The van der Waals surface area contributed by atoms with Crippen molar-refractivity contribution in [2.75, 3.05) is 26.2 Å². The van der Waals surface area contributed by atoms with Gasteiger partial charge in [-0.2, -0.15) is 4.31 Å². The number of sulfonamides is 1. The lowest BCUT2D eigenvalue weighted by Gasteiger charge is -2.34. The fraction of sp³-hybridized carbons (Fsp3) is 0.316. The smallest absolute Gasteiger partial charge is 0.253 e. The highest BCUT2D eigenvalue weighted by Gasteiger charge is 2.29. The van der Waals surface area contributed by atoms with E-state index < -0.39 is 10.0 Å². The van der Waals surface area contributed by atoms with Gasteiger partial charge in [0.25, 0.3) is 5.91 Å². The van der Waals surface area contributed by atoms with Crippen LogP contribution in [-0.4, -0.2) is 49.7 Å². The standard InChI is InChI=1S/C19H21ClN2O3S/c1-15-2-6-17(7-3-15)19(23)21-10-12-22(13-11-21)26(24,25)14-16-4-8-18(20)9-5-16/h2-9H,10-14H2,1H3. The second-order valence-electron chi connectivity index (χ2n) is 6.44. The molecule has 0 spiro atoms. The third-order valence-corrected chi connectivity index (χ3v) is 6.58. The Morgan fingerprint density at radius 3 is 2.12 bits per heavy atom. The largest absolute Gasteiger partial charge is 0.336 e. The van der Waals surface area contributed by atoms with Crippen molar-refractivity contribution in [1.82, 2.24) is 9.21 Å². The van der Waals surface area contributed by atoms with E-state index in [4.69, 9.17) is 11.6 Å². The molecule has 0 unspecified atom stereocenters. The predicted octanol–water partition coefficient (Wildman–Crippen LogP) is 2.94. The molecule has 0 N–H and O–H groups in total. The summed E-state index contributed by atoms with van der Waals surface area (Å²) in [6.07, 6.45) is 0. The summed E-state index contributed by atoms with van der Waals surface area (Å²) < 4.78 is 26.7. The van der Waals surface area contributed by atoms with Gasteiger partial charge >= 0.3 is 0 Å². The zero-order valence-corrected chi connectivity index (χ0v) is 16.1. The lowest BCUT2D eigenvalue weighted by molar-refractivity contribution is 0.0698. The molecule has 138 valence electrons. The lowest BCUT2D eigenvalue weighted by atomic mass is 10.1. The van der Waals surface area contributed by atoms with Crippen LogP contribution in [0.4, 0.5) is 0 Å². The van der Waals surface area contributed by atoms with Crippen LogP contribution in [-0.2, 0) is 15.8 Å². The van der Waals surface area contributed by atoms with Crippen LogP contribution >= 0.6 is 11.6 Å². The summed E-state index contributed by atoms with van der Waals surface area (Å²) in [6.45, 7) is 3.39. The maximum Gasteiger partial charge on any atom is 0.253 e. The first kappa shape index (κ1) is 18.9. The second-order valence-corrected chi connectivity index (χ2v) is 8.85. The summed E-state index contributed by atoms with van der Waals surface area (Å²) in [5.41, 5.74) is 2.43. The monoisotopic (exact) mass is 392 g/mol. The molecule has 0 radical (unpaired) electrons. The summed E-state index contributed by atoms with van der Waals surface area (Å²) in [5.74, 6) is -0.115. The van der Waals surface area contributed by atoms with Gasteiger partial charge < -0.3 is 4.90 Å². The van der Waals surface area contributed by atoms with Crippen LogP contribution in [0.2, 0.25) is 5.02 Å². The Balaban J connectivity index is 1.61. The fourth-order valence-corrected chi connectivity index (χ4v) is 4.57. The van der Waals surface area contributed by atoms with Crippen LogP contribution < -0.4 is 0 Å². The molecule has 2 aromatic carbocycles. The van der Waals surface area contributed by atoms with Crippen LogP contribution in [0.3, 0.4) is 0 Å². The maximum absolute atomic E-state index is 12.6. The molecule has 26 heavy (non-hydrogen) atoms. The predicted molar refractivity (Wildman–Crippen MR) is 103 cm³/mol. The molecular formula is C19H21ClN2O3S. The van der Waals surface area contributed by atoms with Gasteiger partial charge in [0, 0.05) is 36.8 Å². The minimum atomic E-state index is -3.42. The molecule has 0 aliphatic carbocycles. The van der Waals surface area contributed by atoms with E-state index in [9.17, 15) is 13.2 Å². The Hall–Kier alpha value is -1.89. The number of carbonyl (C=O) groups is 1. The van der Waals surface area contributed by atoms with E-state index in [1.54, 1.807) is 41.3 Å². The maximum atomic E-state index is 12.6. The molecule has 1 fully saturated rings. The van der Waals surface area contributed by atoms with Gasteiger partial charge in [-0.25, -0.2) is 8.42 Å². The summed E-state index contributed by atoms with van der Waals surface area (Å²) in [4.78, 5) is 14.2. The number of carbonyl (C=O) groups excluding carboxylic acids is 1. The number of hydrogen-bond donors (Lipinski definition) is 0. The van der Waals surface area contributed by atoms with E-state index in [2.05, 4.69) is 0 Å². The number of aryl methyl sites for hydroxylation is 1. The fourth-order valence-electron chi connectivity index (χ4n) is 2.93. The van der Waals surface area contributed by atoms with E-state index in [1.165, 1.54) is 4.31 Å². The molecule has 2 aromatic rings. The second kappa shape index (κ2) is 7.78.